The molecule has 6 nitrogen and oxygen atoms in total. The van der Waals surface area contributed by atoms with Crippen molar-refractivity contribution >= 4 is 17.7 Å². The van der Waals surface area contributed by atoms with E-state index in [0.29, 0.717) is 11.1 Å². The van der Waals surface area contributed by atoms with Crippen molar-refractivity contribution in [3.05, 3.63) is 24.0 Å². The molecule has 114 valence electrons. The molecule has 0 radical (unpaired) electrons. The van der Waals surface area contributed by atoms with E-state index < -0.39 is 5.97 Å². The Morgan fingerprint density at radius 3 is 2.52 bits per heavy atom. The van der Waals surface area contributed by atoms with Crippen LogP contribution in [0.2, 0.25) is 0 Å². The zero-order valence-corrected chi connectivity index (χ0v) is 12.4. The quantitative estimate of drug-likeness (QED) is 0.897. The molecule has 0 aliphatic carbocycles. The minimum Gasteiger partial charge on any atom is -0.477 e. The van der Waals surface area contributed by atoms with Crippen molar-refractivity contribution in [2.75, 3.05) is 18.4 Å². The fourth-order valence-electron chi connectivity index (χ4n) is 2.40. The minimum absolute atomic E-state index is 0.0373. The Morgan fingerprint density at radius 2 is 2.05 bits per heavy atom. The number of nitrogens with one attached hydrogen (secondary N) is 1. The topological polar surface area (TPSA) is 82.5 Å². The molecular weight excluding hydrogens is 270 g/mol. The van der Waals surface area contributed by atoms with Gasteiger partial charge in [0.2, 0.25) is 0 Å². The summed E-state index contributed by atoms with van der Waals surface area (Å²) in [7, 11) is 0. The van der Waals surface area contributed by atoms with Crippen LogP contribution in [0.25, 0.3) is 0 Å². The van der Waals surface area contributed by atoms with E-state index in [1.807, 2.05) is 0 Å². The SMILES string of the molecule is CCC1(C)CCN(C(=O)Nc2ccc(C(=O)O)nc2)CC1. The lowest BCUT2D eigenvalue weighted by Gasteiger charge is -2.38. The Hall–Kier alpha value is -2.11. The standard InChI is InChI=1S/C15H21N3O3/c1-3-15(2)6-8-18(9-7-15)14(21)17-11-4-5-12(13(19)20)16-10-11/h4-5,10H,3,6-9H2,1-2H3,(H,17,21)(H,19,20). The smallest absolute Gasteiger partial charge is 0.354 e. The molecule has 2 amide bonds. The highest BCUT2D eigenvalue weighted by Gasteiger charge is 2.30. The van der Waals surface area contributed by atoms with Gasteiger partial charge in [0.25, 0.3) is 0 Å². The van der Waals surface area contributed by atoms with E-state index in [1.165, 1.54) is 12.3 Å². The van der Waals surface area contributed by atoms with Crippen LogP contribution >= 0.6 is 0 Å². The van der Waals surface area contributed by atoms with Gasteiger partial charge in [-0.15, -0.1) is 0 Å². The van der Waals surface area contributed by atoms with Crippen LogP contribution in [0, 0.1) is 5.41 Å². The molecule has 21 heavy (non-hydrogen) atoms. The third kappa shape index (κ3) is 3.71. The maximum atomic E-state index is 12.2. The lowest BCUT2D eigenvalue weighted by atomic mass is 9.78. The first kappa shape index (κ1) is 15.3. The van der Waals surface area contributed by atoms with Crippen molar-refractivity contribution in [2.45, 2.75) is 33.1 Å². The summed E-state index contributed by atoms with van der Waals surface area (Å²) < 4.78 is 0. The van der Waals surface area contributed by atoms with Gasteiger partial charge in [-0.2, -0.15) is 0 Å². The molecule has 0 spiro atoms. The summed E-state index contributed by atoms with van der Waals surface area (Å²) in [6.07, 6.45) is 4.50. The number of amides is 2. The molecule has 0 atom stereocenters. The number of hydrogen-bond acceptors (Lipinski definition) is 3. The van der Waals surface area contributed by atoms with E-state index in [9.17, 15) is 9.59 Å². The predicted octanol–water partition coefficient (Wildman–Crippen LogP) is 2.82. The van der Waals surface area contributed by atoms with Crippen LogP contribution < -0.4 is 5.32 Å². The van der Waals surface area contributed by atoms with Crippen LogP contribution in [0.4, 0.5) is 10.5 Å². The number of urea groups is 1. The Balaban J connectivity index is 1.92. The Bertz CT molecular complexity index is 519. The number of likely N-dealkylation sites (tertiary alicyclic amines) is 1. The van der Waals surface area contributed by atoms with Crippen LogP contribution in [-0.2, 0) is 0 Å². The molecule has 1 aromatic rings. The maximum Gasteiger partial charge on any atom is 0.354 e. The minimum atomic E-state index is -1.08. The molecule has 0 saturated carbocycles. The van der Waals surface area contributed by atoms with Crippen molar-refractivity contribution in [1.29, 1.82) is 0 Å². The summed E-state index contributed by atoms with van der Waals surface area (Å²) in [6.45, 7) is 5.94. The van der Waals surface area contributed by atoms with Crippen LogP contribution in [0.5, 0.6) is 0 Å². The van der Waals surface area contributed by atoms with Crippen molar-refractivity contribution in [2.24, 2.45) is 5.41 Å². The monoisotopic (exact) mass is 291 g/mol. The first-order valence-corrected chi connectivity index (χ1v) is 7.19. The third-order valence-electron chi connectivity index (χ3n) is 4.35. The van der Waals surface area contributed by atoms with Crippen molar-refractivity contribution < 1.29 is 14.7 Å². The molecular formula is C15H21N3O3. The number of aromatic carboxylic acids is 1. The fraction of sp³-hybridized carbons (Fsp3) is 0.533. The maximum absolute atomic E-state index is 12.2. The fourth-order valence-corrected chi connectivity index (χ4v) is 2.40. The molecule has 0 bridgehead atoms. The van der Waals surface area contributed by atoms with E-state index in [0.717, 1.165) is 32.4 Å². The highest BCUT2D eigenvalue weighted by atomic mass is 16.4. The second-order valence-corrected chi connectivity index (χ2v) is 5.82. The van der Waals surface area contributed by atoms with Crippen molar-refractivity contribution in [3.8, 4) is 0 Å². The van der Waals surface area contributed by atoms with Gasteiger partial charge < -0.3 is 15.3 Å². The molecule has 2 rings (SSSR count). The second kappa shape index (κ2) is 6.11. The molecule has 1 aliphatic rings. The Labute approximate surface area is 124 Å². The number of carbonyl (C=O) groups excluding carboxylic acids is 1. The number of nitrogens with zero attached hydrogens (tertiary/aromatic N) is 2. The largest absolute Gasteiger partial charge is 0.477 e. The summed E-state index contributed by atoms with van der Waals surface area (Å²) >= 11 is 0. The van der Waals surface area contributed by atoms with Gasteiger partial charge in [-0.25, -0.2) is 14.6 Å². The molecule has 2 N–H and O–H groups in total. The molecule has 1 fully saturated rings. The summed E-state index contributed by atoms with van der Waals surface area (Å²) in [5.74, 6) is -1.08. The summed E-state index contributed by atoms with van der Waals surface area (Å²) in [4.78, 5) is 28.4. The number of aromatic nitrogens is 1. The van der Waals surface area contributed by atoms with Gasteiger partial charge in [0.05, 0.1) is 11.9 Å². The van der Waals surface area contributed by atoms with E-state index in [1.54, 1.807) is 11.0 Å². The van der Waals surface area contributed by atoms with Crippen LogP contribution in [0.3, 0.4) is 0 Å². The zero-order valence-electron chi connectivity index (χ0n) is 12.4. The predicted molar refractivity (Wildman–Crippen MR) is 79.4 cm³/mol. The molecule has 2 heterocycles. The Kier molecular flexibility index (Phi) is 4.45. The average molecular weight is 291 g/mol. The number of carbonyl (C=O) groups is 2. The second-order valence-electron chi connectivity index (χ2n) is 5.82. The highest BCUT2D eigenvalue weighted by molar-refractivity contribution is 5.90. The normalized spacial score (nSPS) is 17.3. The first-order chi connectivity index (χ1) is 9.93. The number of pyridine rings is 1. The lowest BCUT2D eigenvalue weighted by Crippen LogP contribution is -2.43. The van der Waals surface area contributed by atoms with Crippen LogP contribution in [0.1, 0.15) is 43.6 Å². The van der Waals surface area contributed by atoms with E-state index in [2.05, 4.69) is 24.1 Å². The van der Waals surface area contributed by atoms with Gasteiger partial charge >= 0.3 is 12.0 Å². The molecule has 0 unspecified atom stereocenters. The summed E-state index contributed by atoms with van der Waals surface area (Å²) in [6, 6.07) is 2.77. The number of anilines is 1. The molecule has 6 heteroatoms. The summed E-state index contributed by atoms with van der Waals surface area (Å²) in [5, 5.41) is 11.5. The van der Waals surface area contributed by atoms with Gasteiger partial charge in [-0.05, 0) is 30.4 Å². The number of carboxylic acid groups (broad SMARTS) is 1. The van der Waals surface area contributed by atoms with Gasteiger partial charge in [-0.3, -0.25) is 0 Å². The highest BCUT2D eigenvalue weighted by Crippen LogP contribution is 2.33. The van der Waals surface area contributed by atoms with E-state index in [4.69, 9.17) is 5.11 Å². The van der Waals surface area contributed by atoms with Crippen molar-refractivity contribution in [1.82, 2.24) is 9.88 Å². The third-order valence-corrected chi connectivity index (χ3v) is 4.35. The van der Waals surface area contributed by atoms with Gasteiger partial charge in [-0.1, -0.05) is 20.3 Å². The average Bonchev–Trinajstić information content (AvgIpc) is 2.48. The summed E-state index contributed by atoms with van der Waals surface area (Å²) in [5.41, 5.74) is 0.806. The number of rotatable bonds is 3. The van der Waals surface area contributed by atoms with E-state index in [-0.39, 0.29) is 11.7 Å². The molecule has 0 aromatic carbocycles. The van der Waals surface area contributed by atoms with Crippen LogP contribution in [-0.4, -0.2) is 40.1 Å². The molecule has 1 saturated heterocycles. The zero-order chi connectivity index (χ0) is 15.5. The van der Waals surface area contributed by atoms with Crippen molar-refractivity contribution in [3.63, 3.8) is 0 Å². The lowest BCUT2D eigenvalue weighted by molar-refractivity contribution is 0.0690. The number of carboxylic acids is 1. The Morgan fingerprint density at radius 1 is 1.38 bits per heavy atom. The van der Waals surface area contributed by atoms with Gasteiger partial charge in [0.15, 0.2) is 0 Å². The van der Waals surface area contributed by atoms with Crippen LogP contribution in [0.15, 0.2) is 18.3 Å². The molecule has 1 aromatic heterocycles. The van der Waals surface area contributed by atoms with E-state index >= 15 is 0 Å². The first-order valence-electron chi connectivity index (χ1n) is 7.19. The number of piperidine rings is 1. The molecule has 1 aliphatic heterocycles. The number of hydrogen-bond donors (Lipinski definition) is 2. The van der Waals surface area contributed by atoms with Gasteiger partial charge in [0, 0.05) is 13.1 Å². The van der Waals surface area contributed by atoms with Gasteiger partial charge in [0.1, 0.15) is 5.69 Å².